The standard InChI is InChI=1S/C15H20N4OS/c1-3-9-18(10-13-7-5-4-6-8-13)12-19-15(21)17(2)14(11-20)16-19/h3-8,20H,1,9-12H2,2H3. The third kappa shape index (κ3) is 3.87. The topological polar surface area (TPSA) is 46.2 Å². The predicted octanol–water partition coefficient (Wildman–Crippen LogP) is 2.09. The lowest BCUT2D eigenvalue weighted by Gasteiger charge is -2.20. The van der Waals surface area contributed by atoms with Crippen molar-refractivity contribution >= 4 is 12.2 Å². The molecule has 0 atom stereocenters. The van der Waals surface area contributed by atoms with Crippen LogP contribution in [0.4, 0.5) is 0 Å². The first-order chi connectivity index (χ1) is 10.2. The molecule has 1 N–H and O–H groups in total. The number of nitrogens with zero attached hydrogens (tertiary/aromatic N) is 4. The fourth-order valence-corrected chi connectivity index (χ4v) is 2.35. The van der Waals surface area contributed by atoms with E-state index in [0.29, 0.717) is 17.3 Å². The highest BCUT2D eigenvalue weighted by Gasteiger charge is 2.10. The second-order valence-corrected chi connectivity index (χ2v) is 5.21. The van der Waals surface area contributed by atoms with Gasteiger partial charge in [0.15, 0.2) is 10.6 Å². The fourth-order valence-electron chi connectivity index (χ4n) is 2.15. The molecule has 1 heterocycles. The van der Waals surface area contributed by atoms with Gasteiger partial charge in [0.05, 0.1) is 6.67 Å². The van der Waals surface area contributed by atoms with Crippen LogP contribution >= 0.6 is 12.2 Å². The van der Waals surface area contributed by atoms with Crippen molar-refractivity contribution in [3.8, 4) is 0 Å². The summed E-state index contributed by atoms with van der Waals surface area (Å²) in [6.07, 6.45) is 1.86. The molecule has 6 heteroatoms. The van der Waals surface area contributed by atoms with Crippen molar-refractivity contribution in [2.45, 2.75) is 19.8 Å². The molecule has 0 spiro atoms. The van der Waals surface area contributed by atoms with E-state index >= 15 is 0 Å². The van der Waals surface area contributed by atoms with Gasteiger partial charge < -0.3 is 9.67 Å². The maximum atomic E-state index is 9.26. The average molecular weight is 304 g/mol. The van der Waals surface area contributed by atoms with Crippen LogP contribution in [-0.2, 0) is 26.9 Å². The highest BCUT2D eigenvalue weighted by molar-refractivity contribution is 7.71. The molecule has 0 amide bonds. The molecule has 0 unspecified atom stereocenters. The average Bonchev–Trinajstić information content (AvgIpc) is 2.76. The summed E-state index contributed by atoms with van der Waals surface area (Å²) in [7, 11) is 1.81. The van der Waals surface area contributed by atoms with E-state index in [9.17, 15) is 5.11 Å². The summed E-state index contributed by atoms with van der Waals surface area (Å²) in [5.74, 6) is 0.568. The Morgan fingerprint density at radius 3 is 2.67 bits per heavy atom. The van der Waals surface area contributed by atoms with Crippen molar-refractivity contribution in [3.63, 3.8) is 0 Å². The number of rotatable bonds is 7. The lowest BCUT2D eigenvalue weighted by Crippen LogP contribution is -2.27. The van der Waals surface area contributed by atoms with Crippen LogP contribution in [0.1, 0.15) is 11.4 Å². The fraction of sp³-hybridized carbons (Fsp3) is 0.333. The van der Waals surface area contributed by atoms with E-state index in [1.807, 2.05) is 31.3 Å². The summed E-state index contributed by atoms with van der Waals surface area (Å²) in [4.78, 5) is 2.19. The first-order valence-corrected chi connectivity index (χ1v) is 7.17. The van der Waals surface area contributed by atoms with Gasteiger partial charge in [0.2, 0.25) is 0 Å². The second-order valence-electron chi connectivity index (χ2n) is 4.84. The largest absolute Gasteiger partial charge is 0.388 e. The Labute approximate surface area is 129 Å². The van der Waals surface area contributed by atoms with Crippen LogP contribution in [0.2, 0.25) is 0 Å². The summed E-state index contributed by atoms with van der Waals surface area (Å²) < 4.78 is 4.05. The Balaban J connectivity index is 2.16. The van der Waals surface area contributed by atoms with E-state index in [1.165, 1.54) is 5.56 Å². The highest BCUT2D eigenvalue weighted by Crippen LogP contribution is 2.07. The monoisotopic (exact) mass is 304 g/mol. The summed E-state index contributed by atoms with van der Waals surface area (Å²) in [5.41, 5.74) is 1.23. The molecule has 21 heavy (non-hydrogen) atoms. The van der Waals surface area contributed by atoms with Gasteiger partial charge in [0.25, 0.3) is 0 Å². The Bertz CT molecular complexity index is 647. The number of aliphatic hydroxyl groups is 1. The van der Waals surface area contributed by atoms with Crippen molar-refractivity contribution in [2.75, 3.05) is 6.54 Å². The molecule has 0 aliphatic heterocycles. The van der Waals surface area contributed by atoms with E-state index in [2.05, 4.69) is 28.7 Å². The van der Waals surface area contributed by atoms with Crippen molar-refractivity contribution < 1.29 is 5.11 Å². The third-order valence-electron chi connectivity index (χ3n) is 3.24. The molecule has 0 saturated carbocycles. The van der Waals surface area contributed by atoms with Gasteiger partial charge in [0, 0.05) is 20.1 Å². The van der Waals surface area contributed by atoms with E-state index < -0.39 is 0 Å². The Morgan fingerprint density at radius 2 is 2.10 bits per heavy atom. The molecule has 0 aliphatic carbocycles. The van der Waals surface area contributed by atoms with Crippen LogP contribution in [-0.4, -0.2) is 30.9 Å². The maximum absolute atomic E-state index is 9.26. The van der Waals surface area contributed by atoms with Crippen molar-refractivity contribution in [2.24, 2.45) is 7.05 Å². The molecular formula is C15H20N4OS. The molecule has 2 rings (SSSR count). The Kier molecular flexibility index (Phi) is 5.44. The molecular weight excluding hydrogens is 284 g/mol. The van der Waals surface area contributed by atoms with E-state index in [1.54, 1.807) is 9.25 Å². The first kappa shape index (κ1) is 15.6. The van der Waals surface area contributed by atoms with E-state index in [0.717, 1.165) is 13.1 Å². The zero-order chi connectivity index (χ0) is 15.2. The minimum Gasteiger partial charge on any atom is -0.388 e. The van der Waals surface area contributed by atoms with Crippen LogP contribution < -0.4 is 0 Å². The van der Waals surface area contributed by atoms with Crippen LogP contribution in [0.15, 0.2) is 43.0 Å². The predicted molar refractivity (Wildman–Crippen MR) is 85.0 cm³/mol. The highest BCUT2D eigenvalue weighted by atomic mass is 32.1. The zero-order valence-corrected chi connectivity index (χ0v) is 13.0. The first-order valence-electron chi connectivity index (χ1n) is 6.76. The van der Waals surface area contributed by atoms with Crippen LogP contribution in [0.25, 0.3) is 0 Å². The summed E-state index contributed by atoms with van der Waals surface area (Å²) >= 11 is 5.35. The molecule has 5 nitrogen and oxygen atoms in total. The van der Waals surface area contributed by atoms with Gasteiger partial charge in [-0.3, -0.25) is 4.90 Å². The third-order valence-corrected chi connectivity index (χ3v) is 3.73. The van der Waals surface area contributed by atoms with Gasteiger partial charge in [-0.1, -0.05) is 36.4 Å². The lowest BCUT2D eigenvalue weighted by atomic mass is 10.2. The maximum Gasteiger partial charge on any atom is 0.198 e. The van der Waals surface area contributed by atoms with Crippen LogP contribution in [0.3, 0.4) is 0 Å². The minimum atomic E-state index is -0.118. The van der Waals surface area contributed by atoms with E-state index in [4.69, 9.17) is 12.2 Å². The lowest BCUT2D eigenvalue weighted by molar-refractivity contribution is 0.215. The molecule has 1 aromatic heterocycles. The zero-order valence-electron chi connectivity index (χ0n) is 12.1. The minimum absolute atomic E-state index is 0.118. The summed E-state index contributed by atoms with van der Waals surface area (Å²) in [5, 5.41) is 13.6. The van der Waals surface area contributed by atoms with Gasteiger partial charge in [0.1, 0.15) is 6.61 Å². The van der Waals surface area contributed by atoms with Crippen LogP contribution in [0.5, 0.6) is 0 Å². The normalized spacial score (nSPS) is 11.0. The van der Waals surface area contributed by atoms with Gasteiger partial charge >= 0.3 is 0 Å². The molecule has 0 aliphatic rings. The molecule has 0 bridgehead atoms. The number of hydrogen-bond acceptors (Lipinski definition) is 4. The second kappa shape index (κ2) is 7.31. The Hall–Kier alpha value is -1.76. The number of aromatic nitrogens is 3. The SMILES string of the molecule is C=CCN(Cc1ccccc1)Cn1nc(CO)n(C)c1=S. The van der Waals surface area contributed by atoms with Crippen LogP contribution in [0, 0.1) is 4.77 Å². The quantitative estimate of drug-likeness (QED) is 0.628. The molecule has 112 valence electrons. The molecule has 0 radical (unpaired) electrons. The number of hydrogen-bond donors (Lipinski definition) is 1. The number of benzene rings is 1. The summed E-state index contributed by atoms with van der Waals surface area (Å²) in [6, 6.07) is 10.2. The molecule has 0 fully saturated rings. The van der Waals surface area contributed by atoms with E-state index in [-0.39, 0.29) is 6.61 Å². The molecule has 0 saturated heterocycles. The smallest absolute Gasteiger partial charge is 0.198 e. The van der Waals surface area contributed by atoms with Crippen molar-refractivity contribution in [3.05, 3.63) is 59.1 Å². The molecule has 2 aromatic rings. The number of aliphatic hydroxyl groups excluding tert-OH is 1. The van der Waals surface area contributed by atoms with Gasteiger partial charge in [-0.25, -0.2) is 4.68 Å². The van der Waals surface area contributed by atoms with Gasteiger partial charge in [-0.2, -0.15) is 5.10 Å². The Morgan fingerprint density at radius 1 is 1.38 bits per heavy atom. The van der Waals surface area contributed by atoms with Gasteiger partial charge in [-0.05, 0) is 17.8 Å². The van der Waals surface area contributed by atoms with Crippen molar-refractivity contribution in [1.29, 1.82) is 0 Å². The van der Waals surface area contributed by atoms with Gasteiger partial charge in [-0.15, -0.1) is 6.58 Å². The van der Waals surface area contributed by atoms with Crippen molar-refractivity contribution in [1.82, 2.24) is 19.2 Å². The summed E-state index contributed by atoms with van der Waals surface area (Å²) in [6.45, 7) is 5.78. The molecule has 1 aromatic carbocycles.